The number of rotatable bonds is 4. The summed E-state index contributed by atoms with van der Waals surface area (Å²) in [6.07, 6.45) is 0.101. The van der Waals surface area contributed by atoms with Crippen LogP contribution in [0.15, 0.2) is 46.0 Å². The van der Waals surface area contributed by atoms with Crippen molar-refractivity contribution in [3.05, 3.63) is 47.6 Å². The third-order valence-electron chi connectivity index (χ3n) is 5.25. The quantitative estimate of drug-likeness (QED) is 0.731. The Kier molecular flexibility index (Phi) is 5.41. The fourth-order valence-electron chi connectivity index (χ4n) is 3.69. The van der Waals surface area contributed by atoms with E-state index in [-0.39, 0.29) is 43.7 Å². The number of hydrogen-bond donors (Lipinski definition) is 0. The van der Waals surface area contributed by atoms with Crippen LogP contribution < -0.4 is 4.90 Å². The van der Waals surface area contributed by atoms with Crippen LogP contribution >= 0.6 is 11.3 Å². The molecular formula is C19H20FN3O4S2. The number of hydrogen-bond acceptors (Lipinski definition) is 5. The van der Waals surface area contributed by atoms with Gasteiger partial charge in [0.1, 0.15) is 10.0 Å². The number of carbonyl (C=O) groups excluding carboxylic acids is 2. The number of anilines is 1. The fourth-order valence-corrected chi connectivity index (χ4v) is 6.25. The molecule has 1 unspecified atom stereocenters. The number of sulfonamides is 1. The van der Waals surface area contributed by atoms with Crippen molar-refractivity contribution in [2.45, 2.75) is 10.6 Å². The van der Waals surface area contributed by atoms with Gasteiger partial charge in [-0.05, 0) is 35.7 Å². The van der Waals surface area contributed by atoms with Crippen molar-refractivity contribution >= 4 is 38.9 Å². The number of nitrogens with zero attached hydrogens (tertiary/aromatic N) is 3. The van der Waals surface area contributed by atoms with E-state index in [0.717, 1.165) is 0 Å². The van der Waals surface area contributed by atoms with E-state index < -0.39 is 15.9 Å². The molecule has 2 amide bonds. The minimum atomic E-state index is -3.52. The topological polar surface area (TPSA) is 78.0 Å². The molecule has 1 aromatic heterocycles. The molecular weight excluding hydrogens is 417 g/mol. The van der Waals surface area contributed by atoms with Crippen molar-refractivity contribution in [2.75, 3.05) is 37.6 Å². The molecule has 1 atom stereocenters. The highest BCUT2D eigenvalue weighted by molar-refractivity contribution is 7.91. The zero-order valence-electron chi connectivity index (χ0n) is 15.5. The molecule has 154 valence electrons. The zero-order valence-corrected chi connectivity index (χ0v) is 17.2. The normalized spacial score (nSPS) is 21.0. The molecule has 3 heterocycles. The number of benzene rings is 1. The highest BCUT2D eigenvalue weighted by Crippen LogP contribution is 2.28. The first kappa shape index (κ1) is 20.0. The highest BCUT2D eigenvalue weighted by atomic mass is 32.2. The Balaban J connectivity index is 1.38. The lowest BCUT2D eigenvalue weighted by Gasteiger charge is -2.34. The van der Waals surface area contributed by atoms with Gasteiger partial charge in [0.15, 0.2) is 0 Å². The van der Waals surface area contributed by atoms with Crippen LogP contribution in [-0.4, -0.2) is 62.2 Å². The second kappa shape index (κ2) is 7.85. The third kappa shape index (κ3) is 3.92. The SMILES string of the molecule is O=C(C1CC(=O)N(c2ccc(F)cc2)C1)N1CCN(S(=O)(=O)c2cccs2)CC1. The first-order chi connectivity index (χ1) is 13.9. The zero-order chi connectivity index (χ0) is 20.6. The van der Waals surface area contributed by atoms with Crippen LogP contribution in [0.1, 0.15) is 6.42 Å². The van der Waals surface area contributed by atoms with E-state index in [1.165, 1.54) is 44.8 Å². The molecule has 2 fully saturated rings. The first-order valence-corrected chi connectivity index (χ1v) is 11.6. The maximum atomic E-state index is 13.1. The molecule has 0 aliphatic carbocycles. The van der Waals surface area contributed by atoms with Crippen molar-refractivity contribution in [3.63, 3.8) is 0 Å². The second-order valence-corrected chi connectivity index (χ2v) is 10.2. The smallest absolute Gasteiger partial charge is 0.252 e. The van der Waals surface area contributed by atoms with Gasteiger partial charge >= 0.3 is 0 Å². The Bertz CT molecular complexity index is 1000. The number of piperazine rings is 1. The van der Waals surface area contributed by atoms with E-state index >= 15 is 0 Å². The molecule has 2 aromatic rings. The average Bonchev–Trinajstić information content (AvgIpc) is 3.39. The van der Waals surface area contributed by atoms with Crippen LogP contribution in [0.4, 0.5) is 10.1 Å². The summed E-state index contributed by atoms with van der Waals surface area (Å²) < 4.78 is 40.0. The molecule has 0 spiro atoms. The minimum Gasteiger partial charge on any atom is -0.340 e. The maximum Gasteiger partial charge on any atom is 0.252 e. The van der Waals surface area contributed by atoms with Crippen LogP contribution in [-0.2, 0) is 19.6 Å². The lowest BCUT2D eigenvalue weighted by Crippen LogP contribution is -2.52. The van der Waals surface area contributed by atoms with Gasteiger partial charge < -0.3 is 9.80 Å². The lowest BCUT2D eigenvalue weighted by molar-refractivity contribution is -0.136. The second-order valence-electron chi connectivity index (χ2n) is 7.04. The van der Waals surface area contributed by atoms with Crippen LogP contribution in [0.25, 0.3) is 0 Å². The Hall–Kier alpha value is -2.30. The van der Waals surface area contributed by atoms with Gasteiger partial charge in [0, 0.05) is 44.8 Å². The molecule has 0 saturated carbocycles. The predicted molar refractivity (Wildman–Crippen MR) is 107 cm³/mol. The summed E-state index contributed by atoms with van der Waals surface area (Å²) in [6.45, 7) is 1.30. The molecule has 0 radical (unpaired) electrons. The molecule has 1 aromatic carbocycles. The summed E-state index contributed by atoms with van der Waals surface area (Å²) in [4.78, 5) is 28.4. The molecule has 10 heteroatoms. The van der Waals surface area contributed by atoms with Crippen molar-refractivity contribution in [3.8, 4) is 0 Å². The van der Waals surface area contributed by atoms with E-state index in [1.807, 2.05) is 0 Å². The molecule has 29 heavy (non-hydrogen) atoms. The number of thiophene rings is 1. The minimum absolute atomic E-state index is 0.101. The Labute approximate surface area is 172 Å². The van der Waals surface area contributed by atoms with Gasteiger partial charge in [0.05, 0.1) is 5.92 Å². The molecule has 2 saturated heterocycles. The molecule has 0 bridgehead atoms. The van der Waals surface area contributed by atoms with Gasteiger partial charge in [0.2, 0.25) is 11.8 Å². The largest absolute Gasteiger partial charge is 0.340 e. The fraction of sp³-hybridized carbons (Fsp3) is 0.368. The van der Waals surface area contributed by atoms with Gasteiger partial charge in [-0.2, -0.15) is 4.31 Å². The van der Waals surface area contributed by atoms with Gasteiger partial charge in [-0.1, -0.05) is 6.07 Å². The molecule has 7 nitrogen and oxygen atoms in total. The summed E-state index contributed by atoms with van der Waals surface area (Å²) >= 11 is 1.17. The third-order valence-corrected chi connectivity index (χ3v) is 8.52. The first-order valence-electron chi connectivity index (χ1n) is 9.24. The maximum absolute atomic E-state index is 13.1. The highest BCUT2D eigenvalue weighted by Gasteiger charge is 2.39. The van der Waals surface area contributed by atoms with Crippen LogP contribution in [0, 0.1) is 11.7 Å². The van der Waals surface area contributed by atoms with Crippen molar-refractivity contribution in [1.82, 2.24) is 9.21 Å². The van der Waals surface area contributed by atoms with Crippen LogP contribution in [0.2, 0.25) is 0 Å². The molecule has 4 rings (SSSR count). The predicted octanol–water partition coefficient (Wildman–Crippen LogP) is 1.77. The van der Waals surface area contributed by atoms with E-state index in [4.69, 9.17) is 0 Å². The van der Waals surface area contributed by atoms with Gasteiger partial charge in [0.25, 0.3) is 10.0 Å². The standard InChI is InChI=1S/C19H20FN3O4S2/c20-15-3-5-16(6-4-15)23-13-14(12-17(23)24)19(25)21-7-9-22(10-8-21)29(26,27)18-2-1-11-28-18/h1-6,11,14H,7-10,12-13H2. The monoisotopic (exact) mass is 437 g/mol. The van der Waals surface area contributed by atoms with Gasteiger partial charge in [-0.15, -0.1) is 11.3 Å². The van der Waals surface area contributed by atoms with E-state index in [1.54, 1.807) is 22.4 Å². The molecule has 2 aliphatic heterocycles. The number of amides is 2. The molecule has 2 aliphatic rings. The van der Waals surface area contributed by atoms with Crippen molar-refractivity contribution < 1.29 is 22.4 Å². The summed E-state index contributed by atoms with van der Waals surface area (Å²) in [6, 6.07) is 8.88. The van der Waals surface area contributed by atoms with Crippen molar-refractivity contribution in [2.24, 2.45) is 5.92 Å². The Morgan fingerprint density at radius 2 is 1.76 bits per heavy atom. The van der Waals surface area contributed by atoms with Crippen molar-refractivity contribution in [1.29, 1.82) is 0 Å². The van der Waals surface area contributed by atoms with Crippen LogP contribution in [0.5, 0.6) is 0 Å². The van der Waals surface area contributed by atoms with Crippen LogP contribution in [0.3, 0.4) is 0 Å². The summed E-state index contributed by atoms with van der Waals surface area (Å²) in [5.41, 5.74) is 0.568. The van der Waals surface area contributed by atoms with Gasteiger partial charge in [-0.3, -0.25) is 9.59 Å². The lowest BCUT2D eigenvalue weighted by atomic mass is 10.1. The molecule has 0 N–H and O–H groups in total. The summed E-state index contributed by atoms with van der Waals surface area (Å²) in [7, 11) is -3.52. The summed E-state index contributed by atoms with van der Waals surface area (Å²) in [5, 5.41) is 1.72. The Morgan fingerprint density at radius 3 is 2.38 bits per heavy atom. The van der Waals surface area contributed by atoms with E-state index in [0.29, 0.717) is 23.0 Å². The Morgan fingerprint density at radius 1 is 1.07 bits per heavy atom. The van der Waals surface area contributed by atoms with Gasteiger partial charge in [-0.25, -0.2) is 12.8 Å². The average molecular weight is 438 g/mol. The number of carbonyl (C=O) groups is 2. The van der Waals surface area contributed by atoms with E-state index in [9.17, 15) is 22.4 Å². The number of halogens is 1. The summed E-state index contributed by atoms with van der Waals surface area (Å²) in [5.74, 6) is -1.18. The van der Waals surface area contributed by atoms with E-state index in [2.05, 4.69) is 0 Å².